The second-order valence-electron chi connectivity index (χ2n) is 4.02. The topological polar surface area (TPSA) is 35.2 Å². The zero-order valence-corrected chi connectivity index (χ0v) is 9.63. The van der Waals surface area contributed by atoms with E-state index in [1.807, 2.05) is 11.8 Å². The van der Waals surface area contributed by atoms with Gasteiger partial charge in [0.15, 0.2) is 0 Å². The van der Waals surface area contributed by atoms with Crippen LogP contribution in [0.15, 0.2) is 29.2 Å². The van der Waals surface area contributed by atoms with E-state index in [0.717, 1.165) is 12.3 Å². The predicted octanol–water partition coefficient (Wildman–Crippen LogP) is 2.62. The highest BCUT2D eigenvalue weighted by molar-refractivity contribution is 7.99. The SMILES string of the molecule is NOCCc1ccc(SCC2CC2)cc1. The number of hydrogen-bond acceptors (Lipinski definition) is 3. The Kier molecular flexibility index (Phi) is 4.06. The molecule has 0 unspecified atom stereocenters. The molecule has 1 aliphatic rings. The highest BCUT2D eigenvalue weighted by Gasteiger charge is 2.20. The van der Waals surface area contributed by atoms with E-state index in [1.54, 1.807) is 0 Å². The third-order valence-corrected chi connectivity index (χ3v) is 3.86. The summed E-state index contributed by atoms with van der Waals surface area (Å²) < 4.78 is 0. The third-order valence-electron chi connectivity index (χ3n) is 2.61. The monoisotopic (exact) mass is 223 g/mol. The molecule has 3 heteroatoms. The summed E-state index contributed by atoms with van der Waals surface area (Å²) >= 11 is 1.97. The molecular formula is C12H17NOS. The van der Waals surface area contributed by atoms with Gasteiger partial charge in [0.25, 0.3) is 0 Å². The Morgan fingerprint density at radius 3 is 2.60 bits per heavy atom. The zero-order valence-electron chi connectivity index (χ0n) is 8.82. The van der Waals surface area contributed by atoms with E-state index in [2.05, 4.69) is 29.1 Å². The second kappa shape index (κ2) is 5.54. The summed E-state index contributed by atoms with van der Waals surface area (Å²) in [6, 6.07) is 8.71. The van der Waals surface area contributed by atoms with Crippen molar-refractivity contribution in [1.82, 2.24) is 0 Å². The molecule has 2 nitrogen and oxygen atoms in total. The Bertz CT molecular complexity index is 295. The van der Waals surface area contributed by atoms with Gasteiger partial charge in [0.05, 0.1) is 6.61 Å². The van der Waals surface area contributed by atoms with Gasteiger partial charge in [-0.25, -0.2) is 5.90 Å². The van der Waals surface area contributed by atoms with E-state index in [-0.39, 0.29) is 0 Å². The van der Waals surface area contributed by atoms with Crippen LogP contribution in [-0.2, 0) is 11.3 Å². The van der Waals surface area contributed by atoms with Crippen LogP contribution in [0.1, 0.15) is 18.4 Å². The molecule has 1 aromatic carbocycles. The molecule has 1 fully saturated rings. The Hall–Kier alpha value is -0.510. The lowest BCUT2D eigenvalue weighted by atomic mass is 10.2. The van der Waals surface area contributed by atoms with Crippen LogP contribution in [0, 0.1) is 5.92 Å². The van der Waals surface area contributed by atoms with Gasteiger partial charge >= 0.3 is 0 Å². The van der Waals surface area contributed by atoms with Crippen molar-refractivity contribution in [1.29, 1.82) is 0 Å². The van der Waals surface area contributed by atoms with E-state index >= 15 is 0 Å². The molecular weight excluding hydrogens is 206 g/mol. The molecule has 1 saturated carbocycles. The largest absolute Gasteiger partial charge is 0.304 e. The lowest BCUT2D eigenvalue weighted by Gasteiger charge is -2.03. The van der Waals surface area contributed by atoms with Gasteiger partial charge in [-0.1, -0.05) is 12.1 Å². The molecule has 0 aromatic heterocycles. The molecule has 1 aromatic rings. The van der Waals surface area contributed by atoms with Crippen LogP contribution in [0.25, 0.3) is 0 Å². The maximum Gasteiger partial charge on any atom is 0.0719 e. The fraction of sp³-hybridized carbons (Fsp3) is 0.500. The Morgan fingerprint density at radius 1 is 1.27 bits per heavy atom. The second-order valence-corrected chi connectivity index (χ2v) is 5.11. The zero-order chi connectivity index (χ0) is 10.5. The van der Waals surface area contributed by atoms with Crippen molar-refractivity contribution in [2.24, 2.45) is 11.8 Å². The van der Waals surface area contributed by atoms with Crippen LogP contribution < -0.4 is 5.90 Å². The molecule has 0 saturated heterocycles. The summed E-state index contributed by atoms with van der Waals surface area (Å²) in [5.74, 6) is 7.26. The fourth-order valence-corrected chi connectivity index (χ4v) is 2.52. The molecule has 2 rings (SSSR count). The maximum atomic E-state index is 4.99. The van der Waals surface area contributed by atoms with Crippen molar-refractivity contribution in [3.63, 3.8) is 0 Å². The van der Waals surface area contributed by atoms with Crippen LogP contribution in [0.3, 0.4) is 0 Å². The van der Waals surface area contributed by atoms with E-state index in [1.165, 1.54) is 29.1 Å². The van der Waals surface area contributed by atoms with Gasteiger partial charge in [0.2, 0.25) is 0 Å². The molecule has 0 atom stereocenters. The minimum Gasteiger partial charge on any atom is -0.304 e. The van der Waals surface area contributed by atoms with Gasteiger partial charge < -0.3 is 4.84 Å². The Balaban J connectivity index is 1.79. The fourth-order valence-electron chi connectivity index (χ4n) is 1.43. The summed E-state index contributed by atoms with van der Waals surface area (Å²) in [6.07, 6.45) is 3.75. The number of hydrogen-bond donors (Lipinski definition) is 1. The van der Waals surface area contributed by atoms with Crippen LogP contribution in [0.5, 0.6) is 0 Å². The highest BCUT2D eigenvalue weighted by Crippen LogP contribution is 2.34. The standard InChI is InChI=1S/C12H17NOS/c13-14-8-7-10-3-5-12(6-4-10)15-9-11-1-2-11/h3-6,11H,1-2,7-9,13H2. The van der Waals surface area contributed by atoms with Crippen molar-refractivity contribution in [3.05, 3.63) is 29.8 Å². The summed E-state index contributed by atoms with van der Waals surface area (Å²) in [7, 11) is 0. The molecule has 0 radical (unpaired) electrons. The van der Waals surface area contributed by atoms with Gasteiger partial charge in [0, 0.05) is 10.6 Å². The first-order valence-corrected chi connectivity index (χ1v) is 6.40. The smallest absolute Gasteiger partial charge is 0.0719 e. The number of thioether (sulfide) groups is 1. The predicted molar refractivity (Wildman–Crippen MR) is 63.7 cm³/mol. The van der Waals surface area contributed by atoms with Crippen molar-refractivity contribution in [2.75, 3.05) is 12.4 Å². The van der Waals surface area contributed by atoms with Crippen LogP contribution in [0.4, 0.5) is 0 Å². The summed E-state index contributed by atoms with van der Waals surface area (Å²) in [4.78, 5) is 5.93. The minimum absolute atomic E-state index is 0.592. The molecule has 0 aliphatic heterocycles. The first-order valence-electron chi connectivity index (χ1n) is 5.42. The highest BCUT2D eigenvalue weighted by atomic mass is 32.2. The average molecular weight is 223 g/mol. The van der Waals surface area contributed by atoms with E-state index in [9.17, 15) is 0 Å². The molecule has 0 heterocycles. The molecule has 1 aliphatic carbocycles. The minimum atomic E-state index is 0.592. The summed E-state index contributed by atoms with van der Waals surface area (Å²) in [5, 5.41) is 0. The van der Waals surface area contributed by atoms with Crippen molar-refractivity contribution >= 4 is 11.8 Å². The van der Waals surface area contributed by atoms with E-state index < -0.39 is 0 Å². The molecule has 2 N–H and O–H groups in total. The maximum absolute atomic E-state index is 4.99. The first kappa shape index (κ1) is 11.0. The van der Waals surface area contributed by atoms with Crippen molar-refractivity contribution in [3.8, 4) is 0 Å². The van der Waals surface area contributed by atoms with E-state index in [4.69, 9.17) is 5.90 Å². The lowest BCUT2D eigenvalue weighted by molar-refractivity contribution is 0.141. The lowest BCUT2D eigenvalue weighted by Crippen LogP contribution is -2.03. The van der Waals surface area contributed by atoms with Crippen molar-refractivity contribution in [2.45, 2.75) is 24.2 Å². The third kappa shape index (κ3) is 3.86. The van der Waals surface area contributed by atoms with Crippen LogP contribution in [-0.4, -0.2) is 12.4 Å². The van der Waals surface area contributed by atoms with E-state index in [0.29, 0.717) is 6.61 Å². The van der Waals surface area contributed by atoms with Crippen LogP contribution in [0.2, 0.25) is 0 Å². The average Bonchev–Trinajstić information content (AvgIpc) is 3.09. The molecule has 0 bridgehead atoms. The van der Waals surface area contributed by atoms with Gasteiger partial charge in [-0.3, -0.25) is 0 Å². The normalized spacial score (nSPS) is 15.5. The number of rotatable bonds is 6. The number of benzene rings is 1. The molecule has 0 amide bonds. The summed E-state index contributed by atoms with van der Waals surface area (Å²) in [6.45, 7) is 0.592. The quantitative estimate of drug-likeness (QED) is 0.595. The van der Waals surface area contributed by atoms with Gasteiger partial charge in [-0.05, 0) is 42.9 Å². The Labute approximate surface area is 95.1 Å². The van der Waals surface area contributed by atoms with Gasteiger partial charge in [-0.15, -0.1) is 11.8 Å². The molecule has 82 valence electrons. The van der Waals surface area contributed by atoms with Gasteiger partial charge in [0.1, 0.15) is 0 Å². The van der Waals surface area contributed by atoms with Crippen molar-refractivity contribution < 1.29 is 4.84 Å². The van der Waals surface area contributed by atoms with Crippen LogP contribution >= 0.6 is 11.8 Å². The first-order chi connectivity index (χ1) is 7.38. The molecule has 15 heavy (non-hydrogen) atoms. The summed E-state index contributed by atoms with van der Waals surface area (Å²) in [5.41, 5.74) is 1.29. The van der Waals surface area contributed by atoms with Gasteiger partial charge in [-0.2, -0.15) is 0 Å². The molecule has 0 spiro atoms. The Morgan fingerprint density at radius 2 is 2.00 bits per heavy atom. The number of nitrogens with two attached hydrogens (primary N) is 1.